The summed E-state index contributed by atoms with van der Waals surface area (Å²) in [6, 6.07) is 0. The molecule has 0 fully saturated rings. The van der Waals surface area contributed by atoms with Gasteiger partial charge in [-0.15, -0.1) is 0 Å². The quantitative estimate of drug-likeness (QED) is 0.0380. The van der Waals surface area contributed by atoms with Gasteiger partial charge in [-0.3, -0.25) is 19.2 Å². The first-order chi connectivity index (χ1) is 21.2. The van der Waals surface area contributed by atoms with Crippen molar-refractivity contribution in [1.82, 2.24) is 0 Å². The van der Waals surface area contributed by atoms with Crippen molar-refractivity contribution < 1.29 is 68.8 Å². The van der Waals surface area contributed by atoms with Crippen molar-refractivity contribution in [3.8, 4) is 0 Å². The zero-order valence-corrected chi connectivity index (χ0v) is 26.9. The molecule has 6 N–H and O–H groups in total. The summed E-state index contributed by atoms with van der Waals surface area (Å²) >= 11 is 0. The first kappa shape index (κ1) is 48.5. The lowest BCUT2D eigenvalue weighted by Gasteiger charge is -2.05. The molecule has 0 bridgehead atoms. The first-order valence-corrected chi connectivity index (χ1v) is 15.5. The van der Waals surface area contributed by atoms with Crippen LogP contribution >= 0.6 is 0 Å². The van der Waals surface area contributed by atoms with E-state index in [-0.39, 0.29) is 78.9 Å². The second-order valence-corrected chi connectivity index (χ2v) is 8.99. The molecular weight excluding hydrogens is 584 g/mol. The number of rotatable bonds is 24. The molecule has 0 aliphatic carbocycles. The molecule has 264 valence electrons. The van der Waals surface area contributed by atoms with Crippen LogP contribution in [0.2, 0.25) is 0 Å². The van der Waals surface area contributed by atoms with E-state index in [2.05, 4.69) is 9.47 Å². The number of aliphatic hydroxyl groups excluding tert-OH is 6. The Morgan fingerprint density at radius 1 is 0.364 bits per heavy atom. The van der Waals surface area contributed by atoms with Gasteiger partial charge >= 0.3 is 23.9 Å². The SMILES string of the molecule is CCOC(=O)CC(=O)OCC.O=C(CC(=O)OCCCCCO)OCCCCCO.OCCCCCO.OCCCCCO. The molecule has 0 saturated heterocycles. The molecule has 0 spiro atoms. The Balaban J connectivity index is -0.000000269. The third-order valence-corrected chi connectivity index (χ3v) is 4.95. The Bertz CT molecular complexity index is 559. The van der Waals surface area contributed by atoms with E-state index in [1.807, 2.05) is 0 Å². The molecule has 0 aromatic carbocycles. The fourth-order valence-electron chi connectivity index (χ4n) is 2.72. The predicted octanol–water partition coefficient (Wildman–Crippen LogP) is 1.57. The van der Waals surface area contributed by atoms with Crippen LogP contribution in [0.25, 0.3) is 0 Å². The zero-order valence-electron chi connectivity index (χ0n) is 26.9. The van der Waals surface area contributed by atoms with E-state index in [4.69, 9.17) is 40.1 Å². The van der Waals surface area contributed by atoms with Crippen LogP contribution in [0.4, 0.5) is 0 Å². The molecule has 14 heteroatoms. The molecule has 0 aliphatic heterocycles. The Morgan fingerprint density at radius 2 is 0.591 bits per heavy atom. The van der Waals surface area contributed by atoms with E-state index in [1.165, 1.54) is 0 Å². The van der Waals surface area contributed by atoms with Crippen LogP contribution < -0.4 is 0 Å². The smallest absolute Gasteiger partial charge is 0.317 e. The van der Waals surface area contributed by atoms with Crippen molar-refractivity contribution in [2.75, 3.05) is 66.1 Å². The highest BCUT2D eigenvalue weighted by atomic mass is 16.6. The van der Waals surface area contributed by atoms with Crippen LogP contribution in [0.3, 0.4) is 0 Å². The summed E-state index contributed by atoms with van der Waals surface area (Å²) in [5, 5.41) is 49.9. The van der Waals surface area contributed by atoms with Crippen LogP contribution in [0, 0.1) is 0 Å². The molecule has 0 unspecified atom stereocenters. The van der Waals surface area contributed by atoms with E-state index in [1.54, 1.807) is 13.8 Å². The van der Waals surface area contributed by atoms with Crippen molar-refractivity contribution in [2.45, 2.75) is 104 Å². The summed E-state index contributed by atoms with van der Waals surface area (Å²) in [6.45, 7) is 5.75. The van der Waals surface area contributed by atoms with Crippen LogP contribution in [-0.4, -0.2) is 121 Å². The minimum atomic E-state index is -0.579. The van der Waals surface area contributed by atoms with E-state index in [9.17, 15) is 19.2 Å². The minimum absolute atomic E-state index is 0.135. The molecule has 44 heavy (non-hydrogen) atoms. The highest BCUT2D eigenvalue weighted by molar-refractivity contribution is 5.91. The maximum atomic E-state index is 11.2. The van der Waals surface area contributed by atoms with Gasteiger partial charge < -0.3 is 49.6 Å². The number of carbonyl (C=O) groups excluding carboxylic acids is 4. The van der Waals surface area contributed by atoms with Gasteiger partial charge in [0.25, 0.3) is 0 Å². The van der Waals surface area contributed by atoms with Gasteiger partial charge in [-0.25, -0.2) is 0 Å². The predicted molar refractivity (Wildman–Crippen MR) is 162 cm³/mol. The molecule has 0 aliphatic rings. The van der Waals surface area contributed by atoms with Gasteiger partial charge in [0.1, 0.15) is 12.8 Å². The monoisotopic (exact) mass is 644 g/mol. The fourth-order valence-corrected chi connectivity index (χ4v) is 2.72. The number of hydrogen-bond acceptors (Lipinski definition) is 14. The molecule has 0 amide bonds. The first-order valence-electron chi connectivity index (χ1n) is 15.5. The van der Waals surface area contributed by atoms with Crippen LogP contribution in [0.5, 0.6) is 0 Å². The van der Waals surface area contributed by atoms with Crippen molar-refractivity contribution >= 4 is 23.9 Å². The number of ether oxygens (including phenoxy) is 4. The molecule has 0 radical (unpaired) electrons. The van der Waals surface area contributed by atoms with Gasteiger partial charge in [0, 0.05) is 39.6 Å². The van der Waals surface area contributed by atoms with Gasteiger partial charge in [-0.2, -0.15) is 0 Å². The number of unbranched alkanes of at least 4 members (excludes halogenated alkanes) is 8. The fraction of sp³-hybridized carbons (Fsp3) is 0.867. The Morgan fingerprint density at radius 3 is 0.818 bits per heavy atom. The summed E-state index contributed by atoms with van der Waals surface area (Å²) in [7, 11) is 0. The van der Waals surface area contributed by atoms with Gasteiger partial charge in [0.15, 0.2) is 0 Å². The molecule has 0 heterocycles. The highest BCUT2D eigenvalue weighted by Crippen LogP contribution is 1.99. The number of esters is 4. The topological polar surface area (TPSA) is 227 Å². The van der Waals surface area contributed by atoms with Gasteiger partial charge in [-0.1, -0.05) is 0 Å². The largest absolute Gasteiger partial charge is 0.466 e. The van der Waals surface area contributed by atoms with E-state index in [0.717, 1.165) is 51.4 Å². The van der Waals surface area contributed by atoms with Gasteiger partial charge in [-0.05, 0) is 90.9 Å². The van der Waals surface area contributed by atoms with Crippen LogP contribution in [0.15, 0.2) is 0 Å². The highest BCUT2D eigenvalue weighted by Gasteiger charge is 2.12. The summed E-state index contributed by atoms with van der Waals surface area (Å²) in [4.78, 5) is 43.6. The molecule has 0 atom stereocenters. The lowest BCUT2D eigenvalue weighted by Crippen LogP contribution is -2.15. The second kappa shape index (κ2) is 45.1. The number of hydrogen-bond donors (Lipinski definition) is 6. The molecule has 0 saturated carbocycles. The Hall–Kier alpha value is -2.36. The molecular formula is C30H60O14. The van der Waals surface area contributed by atoms with Crippen LogP contribution in [-0.2, 0) is 38.1 Å². The summed E-state index contributed by atoms with van der Waals surface area (Å²) in [6.07, 6.45) is 8.83. The van der Waals surface area contributed by atoms with Gasteiger partial charge in [0.2, 0.25) is 0 Å². The standard InChI is InChI=1S/C13H24O6.C7H12O4.2C5H12O2/c14-7-3-1-5-9-18-12(16)11-13(17)19-10-6-2-4-8-15;1-3-10-6(8)5-7(9)11-4-2;2*6-4-2-1-3-5-7/h14-15H,1-11H2;3-5H2,1-2H3;2*6-7H,1-5H2. The lowest BCUT2D eigenvalue weighted by atomic mass is 10.2. The normalized spacial score (nSPS) is 9.64. The third-order valence-electron chi connectivity index (χ3n) is 4.95. The minimum Gasteiger partial charge on any atom is -0.466 e. The van der Waals surface area contributed by atoms with Gasteiger partial charge in [0.05, 0.1) is 26.4 Å². The lowest BCUT2D eigenvalue weighted by molar-refractivity contribution is -0.156. The van der Waals surface area contributed by atoms with Crippen molar-refractivity contribution in [3.05, 3.63) is 0 Å². The van der Waals surface area contributed by atoms with Crippen LogP contribution in [0.1, 0.15) is 104 Å². The van der Waals surface area contributed by atoms with Crippen molar-refractivity contribution in [2.24, 2.45) is 0 Å². The van der Waals surface area contributed by atoms with E-state index < -0.39 is 23.9 Å². The Kier molecular flexibility index (Phi) is 49.7. The number of carbonyl (C=O) groups is 4. The maximum absolute atomic E-state index is 11.2. The van der Waals surface area contributed by atoms with Crippen molar-refractivity contribution in [1.29, 1.82) is 0 Å². The zero-order chi connectivity index (χ0) is 34.1. The summed E-state index contributed by atoms with van der Waals surface area (Å²) < 4.78 is 18.7. The average Bonchev–Trinajstić information content (AvgIpc) is 2.99. The number of aliphatic hydroxyl groups is 6. The molecule has 0 rings (SSSR count). The summed E-state index contributed by atoms with van der Waals surface area (Å²) in [5.41, 5.74) is 0. The average molecular weight is 645 g/mol. The van der Waals surface area contributed by atoms with Crippen molar-refractivity contribution in [3.63, 3.8) is 0 Å². The maximum Gasteiger partial charge on any atom is 0.317 e. The Labute approximate surface area is 262 Å². The molecule has 0 aromatic heterocycles. The third kappa shape index (κ3) is 52.3. The summed E-state index contributed by atoms with van der Waals surface area (Å²) in [5.74, 6) is -2.23. The molecule has 14 nitrogen and oxygen atoms in total. The van der Waals surface area contributed by atoms with E-state index >= 15 is 0 Å². The second-order valence-electron chi connectivity index (χ2n) is 8.99. The molecule has 0 aromatic rings. The van der Waals surface area contributed by atoms with E-state index in [0.29, 0.717) is 25.7 Å².